The molecule has 2 fully saturated rings. The fourth-order valence-electron chi connectivity index (χ4n) is 8.98. The number of benzene rings is 4. The molecule has 0 radical (unpaired) electrons. The number of rotatable bonds is 13. The molecule has 24 heteroatoms. The number of fused-ring (bicyclic) bond motifs is 9. The third-order valence-corrected chi connectivity index (χ3v) is 13.5. The number of aromatic carboxylic acids is 3. The predicted molar refractivity (Wildman–Crippen MR) is 304 cm³/mol. The van der Waals surface area contributed by atoms with E-state index in [1.54, 1.807) is 61.1 Å². The Morgan fingerprint density at radius 1 is 0.573 bits per heavy atom. The quantitative estimate of drug-likeness (QED) is 0.0528. The molecule has 4 aromatic carbocycles. The summed E-state index contributed by atoms with van der Waals surface area (Å²) in [5, 5.41) is 41.9. The first kappa shape index (κ1) is 53.5. The predicted octanol–water partition coefficient (Wildman–Crippen LogP) is 10.4. The smallest absolute Gasteiger partial charge is 0.416 e. The minimum atomic E-state index is -4.50. The molecular formula is C58H48F3N15O6. The van der Waals surface area contributed by atoms with Crippen molar-refractivity contribution in [2.45, 2.75) is 56.8 Å². The van der Waals surface area contributed by atoms with E-state index >= 15 is 0 Å². The summed E-state index contributed by atoms with van der Waals surface area (Å²) in [4.78, 5) is 80.0. The van der Waals surface area contributed by atoms with Crippen LogP contribution in [0, 0.1) is 0 Å². The van der Waals surface area contributed by atoms with E-state index in [4.69, 9.17) is 15.7 Å². The maximum absolute atomic E-state index is 13.0. The van der Waals surface area contributed by atoms with Gasteiger partial charge in [0.1, 0.15) is 22.4 Å². The third-order valence-electron chi connectivity index (χ3n) is 13.5. The number of aryl methyl sites for hydroxylation is 2. The van der Waals surface area contributed by atoms with Gasteiger partial charge in [-0.3, -0.25) is 4.98 Å². The van der Waals surface area contributed by atoms with Crippen molar-refractivity contribution in [2.75, 3.05) is 40.7 Å². The van der Waals surface area contributed by atoms with Gasteiger partial charge in [-0.2, -0.15) is 13.2 Å². The molecule has 0 aliphatic heterocycles. The number of halogens is 3. The molecule has 0 bridgehead atoms. The summed E-state index contributed by atoms with van der Waals surface area (Å²) < 4.78 is 39.0. The number of carbonyl (C=O) groups is 3. The average molecular weight is 1110 g/mol. The Kier molecular flexibility index (Phi) is 14.3. The highest BCUT2D eigenvalue weighted by atomic mass is 19.4. The molecule has 7 heterocycles. The van der Waals surface area contributed by atoms with Gasteiger partial charge in [-0.05, 0) is 104 Å². The molecule has 21 nitrogen and oxygen atoms in total. The van der Waals surface area contributed by atoms with Gasteiger partial charge in [-0.25, -0.2) is 59.2 Å². The lowest BCUT2D eigenvalue weighted by atomic mass is 10.1. The van der Waals surface area contributed by atoms with E-state index in [2.05, 4.69) is 55.8 Å². The zero-order chi connectivity index (χ0) is 57.4. The monoisotopic (exact) mass is 1110 g/mol. The number of pyridine rings is 4. The van der Waals surface area contributed by atoms with Gasteiger partial charge in [0, 0.05) is 102 Å². The maximum atomic E-state index is 13.0. The van der Waals surface area contributed by atoms with Crippen LogP contribution in [-0.2, 0) is 19.0 Å². The van der Waals surface area contributed by atoms with Gasteiger partial charge < -0.3 is 41.9 Å². The fraction of sp³-hybridized carbons (Fsp3) is 0.190. The zero-order valence-electron chi connectivity index (χ0n) is 43.6. The molecule has 2 saturated carbocycles. The van der Waals surface area contributed by atoms with Gasteiger partial charge in [0.25, 0.3) is 0 Å². The molecule has 7 aromatic heterocycles. The second-order valence-electron chi connectivity index (χ2n) is 19.8. The molecule has 8 N–H and O–H groups in total. The maximum Gasteiger partial charge on any atom is 0.416 e. The Labute approximate surface area is 462 Å². The highest BCUT2D eigenvalue weighted by Crippen LogP contribution is 2.37. The lowest BCUT2D eigenvalue weighted by molar-refractivity contribution is -0.137. The lowest BCUT2D eigenvalue weighted by Crippen LogP contribution is -2.13. The molecule has 0 saturated heterocycles. The first-order valence-corrected chi connectivity index (χ1v) is 25.7. The molecule has 0 atom stereocenters. The molecular weight excluding hydrogens is 1060 g/mol. The third kappa shape index (κ3) is 11.8. The SMILES string of the molecule is CN(C)c1ncc2c(n1)c(NC1CC1)nc1cc(C(=O)O)ccc12.Nc1ncc2c(n1)c(Nc1cccc(C(F)(F)F)c1)nc1cc(C(=O)O)ccc12.O=C(O)c1ccc2c(c1)nc(NC1CC1)c1nc(CCc3ccncc3)ncc12. The molecule has 0 unspecified atom stereocenters. The number of carboxylic acid groups (broad SMARTS) is 3. The molecule has 2 aliphatic carbocycles. The summed E-state index contributed by atoms with van der Waals surface area (Å²) in [7, 11) is 3.78. The van der Waals surface area contributed by atoms with Crippen LogP contribution in [0.1, 0.15) is 73.7 Å². The normalized spacial score (nSPS) is 13.1. The Morgan fingerprint density at radius 2 is 1.06 bits per heavy atom. The van der Waals surface area contributed by atoms with Crippen molar-refractivity contribution >= 4 is 118 Å². The van der Waals surface area contributed by atoms with Gasteiger partial charge in [0.05, 0.1) is 38.8 Å². The molecule has 13 rings (SSSR count). The number of anilines is 6. The minimum absolute atomic E-state index is 0.0192. The van der Waals surface area contributed by atoms with Gasteiger partial charge in [-0.15, -0.1) is 0 Å². The Hall–Kier alpha value is -10.5. The van der Waals surface area contributed by atoms with E-state index in [1.165, 1.54) is 36.0 Å². The Morgan fingerprint density at radius 3 is 1.56 bits per heavy atom. The first-order valence-electron chi connectivity index (χ1n) is 25.7. The molecule has 82 heavy (non-hydrogen) atoms. The number of nitrogens with zero attached hydrogens (tertiary/aromatic N) is 11. The number of aromatic nitrogens is 10. The van der Waals surface area contributed by atoms with Gasteiger partial charge in [0.2, 0.25) is 11.9 Å². The van der Waals surface area contributed by atoms with Crippen molar-refractivity contribution in [2.24, 2.45) is 0 Å². The second-order valence-corrected chi connectivity index (χ2v) is 19.8. The van der Waals surface area contributed by atoms with Gasteiger partial charge in [-0.1, -0.05) is 24.3 Å². The molecule has 0 spiro atoms. The van der Waals surface area contributed by atoms with Crippen LogP contribution < -0.4 is 26.6 Å². The minimum Gasteiger partial charge on any atom is -0.478 e. The fourth-order valence-corrected chi connectivity index (χ4v) is 8.98. The number of hydrogen-bond acceptors (Lipinski definition) is 18. The van der Waals surface area contributed by atoms with E-state index in [9.17, 15) is 42.9 Å². The number of alkyl halides is 3. The Bertz CT molecular complexity index is 4340. The summed E-state index contributed by atoms with van der Waals surface area (Å²) >= 11 is 0. The number of carboxylic acids is 3. The number of hydrogen-bond donors (Lipinski definition) is 7. The van der Waals surface area contributed by atoms with E-state index in [0.29, 0.717) is 62.5 Å². The first-order chi connectivity index (χ1) is 39.4. The van der Waals surface area contributed by atoms with Crippen molar-refractivity contribution in [1.82, 2.24) is 49.8 Å². The Balaban J connectivity index is 0.000000130. The number of nitrogens with two attached hydrogens (primary N) is 1. The van der Waals surface area contributed by atoms with Crippen molar-refractivity contribution in [1.29, 1.82) is 0 Å². The van der Waals surface area contributed by atoms with Crippen LogP contribution in [0.5, 0.6) is 0 Å². The van der Waals surface area contributed by atoms with Crippen LogP contribution in [-0.4, -0.2) is 109 Å². The average Bonchev–Trinajstić information content (AvgIpc) is 3.01. The topological polar surface area (TPSA) is 306 Å². The van der Waals surface area contributed by atoms with E-state index < -0.39 is 29.6 Å². The molecule has 11 aromatic rings. The zero-order valence-corrected chi connectivity index (χ0v) is 43.6. The number of nitrogens with one attached hydrogen (secondary N) is 3. The van der Waals surface area contributed by atoms with E-state index in [0.717, 1.165) is 89.1 Å². The number of nitrogen functional groups attached to an aromatic ring is 1. The van der Waals surface area contributed by atoms with Crippen molar-refractivity contribution in [3.8, 4) is 0 Å². The van der Waals surface area contributed by atoms with Crippen molar-refractivity contribution in [3.05, 3.63) is 156 Å². The highest BCUT2D eigenvalue weighted by Gasteiger charge is 2.31. The summed E-state index contributed by atoms with van der Waals surface area (Å²) in [6, 6.07) is 23.7. The largest absolute Gasteiger partial charge is 0.478 e. The van der Waals surface area contributed by atoms with Crippen LogP contribution in [0.25, 0.3) is 65.4 Å². The van der Waals surface area contributed by atoms with Crippen molar-refractivity contribution < 1.29 is 42.9 Å². The van der Waals surface area contributed by atoms with Gasteiger partial charge >= 0.3 is 24.1 Å². The highest BCUT2D eigenvalue weighted by molar-refractivity contribution is 6.12. The summed E-state index contributed by atoms with van der Waals surface area (Å²) in [6.07, 6.45) is 10.1. The molecule has 2 aliphatic rings. The lowest BCUT2D eigenvalue weighted by Gasteiger charge is -2.14. The van der Waals surface area contributed by atoms with Crippen LogP contribution in [0.3, 0.4) is 0 Å². The van der Waals surface area contributed by atoms with E-state index in [1.807, 2.05) is 37.3 Å². The standard InChI is InChI=1S/C22H19N5O2.C19H12F3N5O2.C17H17N5O2/c28-22(29)14-2-5-16-17-12-24-19(6-1-13-7-9-23-10-8-13)27-20(17)21(25-15-3-4-15)26-18(16)11-14;20-19(21,22)10-2-1-3-11(7-10)25-16-15-13(8-24-18(23)27-15)12-5-4-9(17(28)29)6-14(12)26-16;1-22(2)17-18-8-12-11-6-3-9(16(23)24)7-13(11)20-15(14(12)21-17)19-10-4-5-10/h2,5,7-12,15H,1,3-4,6H2,(H,25,26)(H,28,29);1-8H,(H,25,26)(H,28,29)(H2,23,24,27);3,6-8,10H,4-5H2,1-2H3,(H,19,20)(H,23,24). The van der Waals surface area contributed by atoms with E-state index in [-0.39, 0.29) is 34.1 Å². The second kappa shape index (κ2) is 22.0. The summed E-state index contributed by atoms with van der Waals surface area (Å²) in [6.45, 7) is 0. The van der Waals surface area contributed by atoms with Crippen molar-refractivity contribution in [3.63, 3.8) is 0 Å². The van der Waals surface area contributed by atoms with Gasteiger partial charge in [0.15, 0.2) is 17.5 Å². The van der Waals surface area contributed by atoms with Crippen LogP contribution in [0.4, 0.5) is 48.2 Å². The van der Waals surface area contributed by atoms with Crippen LogP contribution >= 0.6 is 0 Å². The summed E-state index contributed by atoms with van der Waals surface area (Å²) in [5.74, 6) is -0.201. The van der Waals surface area contributed by atoms with Crippen LogP contribution in [0.2, 0.25) is 0 Å². The summed E-state index contributed by atoms with van der Waals surface area (Å²) in [5.41, 5.74) is 10.1. The van der Waals surface area contributed by atoms with Crippen LogP contribution in [0.15, 0.2) is 122 Å². The molecule has 412 valence electrons. The molecule has 0 amide bonds.